The molecule has 0 spiro atoms. The molecule has 0 saturated carbocycles. The maximum Gasteiger partial charge on any atom is 0.200 e. The molecule has 0 radical (unpaired) electrons. The molecule has 0 fully saturated rings. The van der Waals surface area contributed by atoms with E-state index in [9.17, 15) is 4.79 Å². The first-order valence-corrected chi connectivity index (χ1v) is 16.5. The fraction of sp³-hybridized carbons (Fsp3) is 0.140. The number of fused-ring (bicyclic) bond motifs is 9. The molecule has 0 aliphatic rings. The molecule has 3 heterocycles. The van der Waals surface area contributed by atoms with Crippen LogP contribution < -0.4 is 5.43 Å². The molecule has 47 heavy (non-hydrogen) atoms. The molecule has 0 saturated heterocycles. The van der Waals surface area contributed by atoms with Crippen LogP contribution in [0.15, 0.2) is 131 Å². The Morgan fingerprint density at radius 2 is 1.21 bits per heavy atom. The lowest BCUT2D eigenvalue weighted by Crippen LogP contribution is -2.07. The second-order valence-electron chi connectivity index (χ2n) is 13.3. The van der Waals surface area contributed by atoms with Crippen molar-refractivity contribution in [3.05, 3.63) is 143 Å². The van der Waals surface area contributed by atoms with E-state index in [4.69, 9.17) is 4.42 Å². The van der Waals surface area contributed by atoms with Gasteiger partial charge in [0.2, 0.25) is 5.43 Å². The highest BCUT2D eigenvalue weighted by molar-refractivity contribution is 6.26. The highest BCUT2D eigenvalue weighted by Crippen LogP contribution is 2.43. The Morgan fingerprint density at radius 1 is 0.532 bits per heavy atom. The lowest BCUT2D eigenvalue weighted by atomic mass is 9.96. The normalized spacial score (nSPS) is 12.3. The van der Waals surface area contributed by atoms with Crippen molar-refractivity contribution in [2.24, 2.45) is 0 Å². The molecule has 0 N–H and O–H groups in total. The number of aromatic nitrogens is 2. The number of hydrogen-bond acceptors (Lipinski definition) is 2. The van der Waals surface area contributed by atoms with Crippen LogP contribution in [0.5, 0.6) is 0 Å². The zero-order valence-corrected chi connectivity index (χ0v) is 26.9. The molecule has 6 aromatic carbocycles. The van der Waals surface area contributed by atoms with E-state index in [2.05, 4.69) is 146 Å². The predicted octanol–water partition coefficient (Wildman–Crippen LogP) is 11.4. The summed E-state index contributed by atoms with van der Waals surface area (Å²) in [5.74, 6) is 0.482. The maximum atomic E-state index is 14.0. The average Bonchev–Trinajstić information content (AvgIpc) is 3.61. The second kappa shape index (κ2) is 10.2. The molecule has 0 amide bonds. The van der Waals surface area contributed by atoms with Crippen LogP contribution in [-0.2, 0) is 0 Å². The van der Waals surface area contributed by atoms with Crippen LogP contribution >= 0.6 is 0 Å². The molecule has 4 nitrogen and oxygen atoms in total. The van der Waals surface area contributed by atoms with E-state index >= 15 is 0 Å². The molecule has 4 heteroatoms. The van der Waals surface area contributed by atoms with Crippen molar-refractivity contribution in [1.82, 2.24) is 9.13 Å². The van der Waals surface area contributed by atoms with Gasteiger partial charge in [0.1, 0.15) is 11.2 Å². The van der Waals surface area contributed by atoms with E-state index in [1.807, 2.05) is 12.1 Å². The van der Waals surface area contributed by atoms with Crippen molar-refractivity contribution < 1.29 is 4.42 Å². The maximum absolute atomic E-state index is 14.0. The molecule has 0 aliphatic carbocycles. The van der Waals surface area contributed by atoms with Crippen molar-refractivity contribution >= 4 is 65.6 Å². The van der Waals surface area contributed by atoms with E-state index in [1.54, 1.807) is 0 Å². The van der Waals surface area contributed by atoms with Crippen molar-refractivity contribution in [2.45, 2.75) is 39.5 Å². The van der Waals surface area contributed by atoms with E-state index in [0.717, 1.165) is 39.1 Å². The van der Waals surface area contributed by atoms with Gasteiger partial charge in [-0.2, -0.15) is 0 Å². The highest BCUT2D eigenvalue weighted by Gasteiger charge is 2.23. The van der Waals surface area contributed by atoms with Gasteiger partial charge in [-0.3, -0.25) is 4.79 Å². The molecule has 9 rings (SSSR count). The van der Waals surface area contributed by atoms with E-state index < -0.39 is 0 Å². The van der Waals surface area contributed by atoms with Gasteiger partial charge in [-0.05, 0) is 71.5 Å². The average molecular weight is 611 g/mol. The van der Waals surface area contributed by atoms with Crippen molar-refractivity contribution in [1.29, 1.82) is 0 Å². The standard InChI is InChI=1S/C43H34N2O2/c1-25(2)27-18-21-39-33(22-27)43(46)34-23-32(26(3)4)38(24-40(34)47-39)45-35-16-10-8-14-29(35)30-19-20-37-41(42(30)45)31-15-9-11-17-36(31)44(37)28-12-6-5-7-13-28/h5-26H,1-4H3. The first-order chi connectivity index (χ1) is 22.9. The fourth-order valence-electron chi connectivity index (χ4n) is 7.55. The summed E-state index contributed by atoms with van der Waals surface area (Å²) in [7, 11) is 0. The topological polar surface area (TPSA) is 40.1 Å². The van der Waals surface area contributed by atoms with Crippen LogP contribution in [0.1, 0.15) is 50.7 Å². The summed E-state index contributed by atoms with van der Waals surface area (Å²) in [6, 6.07) is 42.6. The Balaban J connectivity index is 1.46. The molecule has 0 unspecified atom stereocenters. The number of para-hydroxylation sites is 3. The minimum atomic E-state index is 0.0211. The second-order valence-corrected chi connectivity index (χ2v) is 13.3. The number of benzene rings is 6. The van der Waals surface area contributed by atoms with Gasteiger partial charge in [-0.15, -0.1) is 0 Å². The van der Waals surface area contributed by atoms with Gasteiger partial charge >= 0.3 is 0 Å². The van der Waals surface area contributed by atoms with Crippen molar-refractivity contribution in [2.75, 3.05) is 0 Å². The summed E-state index contributed by atoms with van der Waals surface area (Å²) >= 11 is 0. The summed E-state index contributed by atoms with van der Waals surface area (Å²) in [4.78, 5) is 14.0. The van der Waals surface area contributed by atoms with E-state index in [-0.39, 0.29) is 11.3 Å². The van der Waals surface area contributed by atoms with E-state index in [0.29, 0.717) is 27.9 Å². The Kier molecular flexibility index (Phi) is 6.01. The number of rotatable bonds is 4. The SMILES string of the molecule is CC(C)c1ccc2oc3cc(-n4c5ccccc5c5ccc6c(c7ccccc7n6-c6ccccc6)c54)c(C(C)C)cc3c(=O)c2c1. The molecule has 0 aliphatic heterocycles. The molecule has 0 bridgehead atoms. The molecule has 9 aromatic rings. The largest absolute Gasteiger partial charge is 0.456 e. The molecular weight excluding hydrogens is 576 g/mol. The third-order valence-corrected chi connectivity index (χ3v) is 9.86. The number of nitrogens with zero attached hydrogens (tertiary/aromatic N) is 2. The van der Waals surface area contributed by atoms with Gasteiger partial charge in [0, 0.05) is 33.3 Å². The van der Waals surface area contributed by atoms with Crippen molar-refractivity contribution in [3.8, 4) is 11.4 Å². The Bertz CT molecular complexity index is 2760. The molecule has 0 atom stereocenters. The summed E-state index contributed by atoms with van der Waals surface area (Å²) < 4.78 is 11.3. The monoisotopic (exact) mass is 610 g/mol. The van der Waals surface area contributed by atoms with Crippen LogP contribution in [0.3, 0.4) is 0 Å². The lowest BCUT2D eigenvalue weighted by Gasteiger charge is -2.18. The van der Waals surface area contributed by atoms with Gasteiger partial charge in [-0.25, -0.2) is 0 Å². The van der Waals surface area contributed by atoms with Crippen LogP contribution in [0.2, 0.25) is 0 Å². The van der Waals surface area contributed by atoms with Crippen LogP contribution in [0.4, 0.5) is 0 Å². The highest BCUT2D eigenvalue weighted by atomic mass is 16.3. The molecular formula is C43H34N2O2. The van der Waals surface area contributed by atoms with Crippen LogP contribution in [0, 0.1) is 0 Å². The zero-order chi connectivity index (χ0) is 32.0. The fourth-order valence-corrected chi connectivity index (χ4v) is 7.55. The van der Waals surface area contributed by atoms with Gasteiger partial charge in [-0.1, -0.05) is 94.4 Å². The van der Waals surface area contributed by atoms with Gasteiger partial charge in [0.05, 0.1) is 38.5 Å². The van der Waals surface area contributed by atoms with Gasteiger partial charge in [0.15, 0.2) is 0 Å². The smallest absolute Gasteiger partial charge is 0.200 e. The summed E-state index contributed by atoms with van der Waals surface area (Å²) in [6.45, 7) is 8.70. The molecule has 228 valence electrons. The third kappa shape index (κ3) is 3.97. The Hall–Kier alpha value is -5.61. The van der Waals surface area contributed by atoms with Crippen LogP contribution in [0.25, 0.3) is 76.9 Å². The summed E-state index contributed by atoms with van der Waals surface area (Å²) in [6.07, 6.45) is 0. The summed E-state index contributed by atoms with van der Waals surface area (Å²) in [5, 5.41) is 6.05. The summed E-state index contributed by atoms with van der Waals surface area (Å²) in [5.41, 5.74) is 10.2. The zero-order valence-electron chi connectivity index (χ0n) is 26.9. The Morgan fingerprint density at radius 3 is 1.96 bits per heavy atom. The molecule has 3 aromatic heterocycles. The lowest BCUT2D eigenvalue weighted by molar-refractivity contribution is 0.658. The third-order valence-electron chi connectivity index (χ3n) is 9.86. The van der Waals surface area contributed by atoms with Gasteiger partial charge in [0.25, 0.3) is 0 Å². The Labute approximate surface area is 272 Å². The predicted molar refractivity (Wildman–Crippen MR) is 197 cm³/mol. The van der Waals surface area contributed by atoms with E-state index in [1.165, 1.54) is 27.1 Å². The minimum absolute atomic E-state index is 0.0211. The minimum Gasteiger partial charge on any atom is -0.456 e. The first kappa shape index (κ1) is 27.7. The van der Waals surface area contributed by atoms with Crippen molar-refractivity contribution in [3.63, 3.8) is 0 Å². The first-order valence-electron chi connectivity index (χ1n) is 16.5. The van der Waals surface area contributed by atoms with Crippen LogP contribution in [-0.4, -0.2) is 9.13 Å². The van der Waals surface area contributed by atoms with Gasteiger partial charge < -0.3 is 13.6 Å². The quantitative estimate of drug-likeness (QED) is 0.186. The number of hydrogen-bond donors (Lipinski definition) is 0.